The van der Waals surface area contributed by atoms with Crippen LogP contribution in [0.1, 0.15) is 18.9 Å². The van der Waals surface area contributed by atoms with Crippen LogP contribution in [0.3, 0.4) is 0 Å². The van der Waals surface area contributed by atoms with E-state index in [9.17, 15) is 9.59 Å². The molecule has 1 aliphatic rings. The number of para-hydroxylation sites is 1. The smallest absolute Gasteiger partial charge is 0.326 e. The van der Waals surface area contributed by atoms with Gasteiger partial charge in [-0.3, -0.25) is 9.59 Å². The van der Waals surface area contributed by atoms with Gasteiger partial charge in [0.1, 0.15) is 6.54 Å². The molecule has 0 aliphatic carbocycles. The van der Waals surface area contributed by atoms with E-state index in [0.717, 1.165) is 24.1 Å². The highest BCUT2D eigenvalue weighted by atomic mass is 16.5. The average Bonchev–Trinajstić information content (AvgIpc) is 2.67. The van der Waals surface area contributed by atoms with Crippen LogP contribution in [0.15, 0.2) is 42.7 Å². The third-order valence-electron chi connectivity index (χ3n) is 4.29. The van der Waals surface area contributed by atoms with Gasteiger partial charge in [-0.15, -0.1) is 0 Å². The minimum Gasteiger partial charge on any atom is -0.451 e. The van der Waals surface area contributed by atoms with E-state index in [-0.39, 0.29) is 12.5 Å². The standard InChI is InChI=1S/C19H22N4O3/c1-14(26-17(24)13-22(2)19-20-10-6-11-21-19)18(25)23-12-5-8-15-7-3-4-9-16(15)23/h3-4,6-7,9-11,14H,5,8,12-13H2,1-2H3/t14-/m1/s1. The Morgan fingerprint density at radius 2 is 1.96 bits per heavy atom. The summed E-state index contributed by atoms with van der Waals surface area (Å²) in [6.45, 7) is 2.21. The number of aryl methyl sites for hydroxylation is 1. The SMILES string of the molecule is C[C@@H](OC(=O)CN(C)c1ncccn1)C(=O)N1CCCc2ccccc21. The zero-order valence-corrected chi connectivity index (χ0v) is 15.0. The summed E-state index contributed by atoms with van der Waals surface area (Å²) >= 11 is 0. The van der Waals surface area contributed by atoms with E-state index in [2.05, 4.69) is 9.97 Å². The number of hydrogen-bond donors (Lipinski definition) is 0. The summed E-state index contributed by atoms with van der Waals surface area (Å²) in [5.74, 6) is -0.274. The number of esters is 1. The lowest BCUT2D eigenvalue weighted by atomic mass is 10.0. The van der Waals surface area contributed by atoms with Gasteiger partial charge in [0.15, 0.2) is 6.10 Å². The normalized spacial score (nSPS) is 14.3. The lowest BCUT2D eigenvalue weighted by Gasteiger charge is -2.31. The van der Waals surface area contributed by atoms with E-state index in [1.54, 1.807) is 42.2 Å². The molecule has 7 heteroatoms. The molecule has 1 amide bonds. The summed E-state index contributed by atoms with van der Waals surface area (Å²) < 4.78 is 5.35. The number of aromatic nitrogens is 2. The highest BCUT2D eigenvalue weighted by molar-refractivity contribution is 5.98. The number of ether oxygens (including phenoxy) is 1. The second-order valence-electron chi connectivity index (χ2n) is 6.26. The summed E-state index contributed by atoms with van der Waals surface area (Å²) in [4.78, 5) is 36.4. The van der Waals surface area contributed by atoms with Crippen molar-refractivity contribution in [2.45, 2.75) is 25.9 Å². The van der Waals surface area contributed by atoms with Gasteiger partial charge in [0.2, 0.25) is 5.95 Å². The quantitative estimate of drug-likeness (QED) is 0.763. The Morgan fingerprint density at radius 3 is 2.73 bits per heavy atom. The van der Waals surface area contributed by atoms with Crippen molar-refractivity contribution in [3.05, 3.63) is 48.3 Å². The summed E-state index contributed by atoms with van der Waals surface area (Å²) in [5.41, 5.74) is 2.05. The fourth-order valence-corrected chi connectivity index (χ4v) is 3.02. The molecule has 1 aliphatic heterocycles. The minimum atomic E-state index is -0.848. The third-order valence-corrected chi connectivity index (χ3v) is 4.29. The van der Waals surface area contributed by atoms with Crippen LogP contribution in [0.2, 0.25) is 0 Å². The van der Waals surface area contributed by atoms with Crippen molar-refractivity contribution >= 4 is 23.5 Å². The maximum Gasteiger partial charge on any atom is 0.326 e. The first-order valence-electron chi connectivity index (χ1n) is 8.63. The first kappa shape index (κ1) is 17.8. The van der Waals surface area contributed by atoms with Crippen molar-refractivity contribution in [2.24, 2.45) is 0 Å². The molecule has 0 radical (unpaired) electrons. The molecular formula is C19H22N4O3. The summed E-state index contributed by atoms with van der Waals surface area (Å²) in [7, 11) is 1.70. The van der Waals surface area contributed by atoms with Crippen LogP contribution in [0, 0.1) is 0 Å². The van der Waals surface area contributed by atoms with Gasteiger partial charge >= 0.3 is 5.97 Å². The van der Waals surface area contributed by atoms with Crippen LogP contribution in [0.4, 0.5) is 11.6 Å². The second kappa shape index (κ2) is 7.95. The van der Waals surface area contributed by atoms with E-state index in [4.69, 9.17) is 4.74 Å². The molecule has 136 valence electrons. The van der Waals surface area contributed by atoms with Crippen molar-refractivity contribution in [3.8, 4) is 0 Å². The monoisotopic (exact) mass is 354 g/mol. The predicted molar refractivity (Wildman–Crippen MR) is 98.0 cm³/mol. The molecule has 1 aromatic carbocycles. The largest absolute Gasteiger partial charge is 0.451 e. The lowest BCUT2D eigenvalue weighted by Crippen LogP contribution is -2.43. The van der Waals surface area contributed by atoms with Gasteiger partial charge in [-0.25, -0.2) is 9.97 Å². The van der Waals surface area contributed by atoms with Crippen LogP contribution in [0.25, 0.3) is 0 Å². The molecule has 0 saturated carbocycles. The number of rotatable bonds is 5. The molecule has 0 N–H and O–H groups in total. The number of carbonyl (C=O) groups is 2. The zero-order chi connectivity index (χ0) is 18.5. The molecular weight excluding hydrogens is 332 g/mol. The second-order valence-corrected chi connectivity index (χ2v) is 6.26. The number of benzene rings is 1. The Morgan fingerprint density at radius 1 is 1.23 bits per heavy atom. The molecule has 0 bridgehead atoms. The van der Waals surface area contributed by atoms with Crippen LogP contribution >= 0.6 is 0 Å². The number of carbonyl (C=O) groups excluding carboxylic acids is 2. The molecule has 2 aromatic rings. The zero-order valence-electron chi connectivity index (χ0n) is 15.0. The van der Waals surface area contributed by atoms with Crippen LogP contribution < -0.4 is 9.80 Å². The summed E-state index contributed by atoms with van der Waals surface area (Å²) in [6.07, 6.45) is 4.21. The Labute approximate surface area is 152 Å². The lowest BCUT2D eigenvalue weighted by molar-refractivity contribution is -0.152. The number of hydrogen-bond acceptors (Lipinski definition) is 6. The number of fused-ring (bicyclic) bond motifs is 1. The molecule has 2 heterocycles. The molecule has 0 spiro atoms. The van der Waals surface area contributed by atoms with Crippen LogP contribution in [0.5, 0.6) is 0 Å². The first-order valence-corrected chi connectivity index (χ1v) is 8.63. The fourth-order valence-electron chi connectivity index (χ4n) is 3.02. The maximum absolute atomic E-state index is 12.8. The molecule has 26 heavy (non-hydrogen) atoms. The maximum atomic E-state index is 12.8. The molecule has 7 nitrogen and oxygen atoms in total. The van der Waals surface area contributed by atoms with Crippen molar-refractivity contribution in [3.63, 3.8) is 0 Å². The van der Waals surface area contributed by atoms with E-state index >= 15 is 0 Å². The van der Waals surface area contributed by atoms with Gasteiger partial charge < -0.3 is 14.5 Å². The van der Waals surface area contributed by atoms with E-state index in [1.807, 2.05) is 24.3 Å². The number of likely N-dealkylation sites (N-methyl/N-ethyl adjacent to an activating group) is 1. The Hall–Kier alpha value is -2.96. The molecule has 0 saturated heterocycles. The summed E-state index contributed by atoms with van der Waals surface area (Å²) in [6, 6.07) is 9.54. The minimum absolute atomic E-state index is 0.0295. The summed E-state index contributed by atoms with van der Waals surface area (Å²) in [5, 5.41) is 0. The van der Waals surface area contributed by atoms with Crippen molar-refractivity contribution in [1.82, 2.24) is 9.97 Å². The van der Waals surface area contributed by atoms with Crippen LogP contribution in [-0.4, -0.2) is 48.1 Å². The number of amides is 1. The van der Waals surface area contributed by atoms with Gasteiger partial charge in [0.05, 0.1) is 0 Å². The van der Waals surface area contributed by atoms with Gasteiger partial charge in [0, 0.05) is 31.7 Å². The average molecular weight is 354 g/mol. The highest BCUT2D eigenvalue weighted by Crippen LogP contribution is 2.27. The van der Waals surface area contributed by atoms with Gasteiger partial charge in [-0.05, 0) is 37.5 Å². The van der Waals surface area contributed by atoms with Gasteiger partial charge in [-0.1, -0.05) is 18.2 Å². The number of anilines is 2. The van der Waals surface area contributed by atoms with Crippen molar-refractivity contribution in [1.29, 1.82) is 0 Å². The number of nitrogens with zero attached hydrogens (tertiary/aromatic N) is 4. The van der Waals surface area contributed by atoms with Gasteiger partial charge in [-0.2, -0.15) is 0 Å². The highest BCUT2D eigenvalue weighted by Gasteiger charge is 2.28. The fraction of sp³-hybridized carbons (Fsp3) is 0.368. The molecule has 1 atom stereocenters. The third kappa shape index (κ3) is 3.99. The van der Waals surface area contributed by atoms with E-state index in [0.29, 0.717) is 12.5 Å². The molecule has 0 unspecified atom stereocenters. The van der Waals surface area contributed by atoms with E-state index < -0.39 is 12.1 Å². The van der Waals surface area contributed by atoms with E-state index in [1.165, 1.54) is 0 Å². The van der Waals surface area contributed by atoms with Crippen molar-refractivity contribution < 1.29 is 14.3 Å². The Balaban J connectivity index is 1.60. The Bertz CT molecular complexity index is 781. The molecule has 1 aromatic heterocycles. The topological polar surface area (TPSA) is 75.6 Å². The molecule has 0 fully saturated rings. The van der Waals surface area contributed by atoms with Crippen LogP contribution in [-0.2, 0) is 20.7 Å². The predicted octanol–water partition coefficient (Wildman–Crippen LogP) is 1.82. The molecule has 3 rings (SSSR count). The first-order chi connectivity index (χ1) is 12.6. The van der Waals surface area contributed by atoms with Gasteiger partial charge in [0.25, 0.3) is 5.91 Å². The Kier molecular flexibility index (Phi) is 5.46. The van der Waals surface area contributed by atoms with Crippen molar-refractivity contribution in [2.75, 3.05) is 29.9 Å².